The van der Waals surface area contributed by atoms with Crippen LogP contribution in [0.25, 0.3) is 0 Å². The van der Waals surface area contributed by atoms with Crippen LogP contribution in [0.1, 0.15) is 48.4 Å². The van der Waals surface area contributed by atoms with Gasteiger partial charge in [0.25, 0.3) is 0 Å². The third-order valence-electron chi connectivity index (χ3n) is 2.64. The standard InChI is InChI=1S/C15H20O4/c1-6-19-14(17)11-8-7-10(9-12(11)18-5)13(16)15(2,3)4/h7-9H,6H2,1-5H3. The van der Waals surface area contributed by atoms with Crippen LogP contribution in [0.3, 0.4) is 0 Å². The topological polar surface area (TPSA) is 52.6 Å². The van der Waals surface area contributed by atoms with Gasteiger partial charge in [-0.3, -0.25) is 4.79 Å². The quantitative estimate of drug-likeness (QED) is 0.619. The zero-order valence-electron chi connectivity index (χ0n) is 12.1. The summed E-state index contributed by atoms with van der Waals surface area (Å²) >= 11 is 0. The zero-order chi connectivity index (χ0) is 14.6. The maximum atomic E-state index is 12.2. The van der Waals surface area contributed by atoms with Crippen molar-refractivity contribution in [2.24, 2.45) is 5.41 Å². The summed E-state index contributed by atoms with van der Waals surface area (Å²) in [5.41, 5.74) is 0.378. The van der Waals surface area contributed by atoms with Gasteiger partial charge in [-0.2, -0.15) is 0 Å². The number of carbonyl (C=O) groups excluding carboxylic acids is 2. The van der Waals surface area contributed by atoms with Gasteiger partial charge in [-0.1, -0.05) is 26.8 Å². The van der Waals surface area contributed by atoms with Crippen LogP contribution in [-0.4, -0.2) is 25.5 Å². The molecule has 0 aliphatic rings. The SMILES string of the molecule is CCOC(=O)c1ccc(C(=O)C(C)(C)C)cc1OC. The number of carbonyl (C=O) groups is 2. The van der Waals surface area contributed by atoms with Gasteiger partial charge >= 0.3 is 5.97 Å². The molecule has 4 nitrogen and oxygen atoms in total. The molecule has 0 bridgehead atoms. The van der Waals surface area contributed by atoms with Gasteiger partial charge in [0.1, 0.15) is 11.3 Å². The molecule has 0 fully saturated rings. The van der Waals surface area contributed by atoms with Crippen LogP contribution in [0.2, 0.25) is 0 Å². The van der Waals surface area contributed by atoms with Crippen molar-refractivity contribution in [1.29, 1.82) is 0 Å². The monoisotopic (exact) mass is 264 g/mol. The minimum atomic E-state index is -0.476. The maximum Gasteiger partial charge on any atom is 0.341 e. The van der Waals surface area contributed by atoms with Crippen LogP contribution in [0, 0.1) is 5.41 Å². The first kappa shape index (κ1) is 15.2. The number of benzene rings is 1. The Hall–Kier alpha value is -1.84. The van der Waals surface area contributed by atoms with E-state index in [4.69, 9.17) is 9.47 Å². The summed E-state index contributed by atoms with van der Waals surface area (Å²) in [5, 5.41) is 0. The Morgan fingerprint density at radius 2 is 1.84 bits per heavy atom. The number of esters is 1. The summed E-state index contributed by atoms with van der Waals surface area (Å²) < 4.78 is 10.1. The molecule has 0 heterocycles. The molecule has 0 spiro atoms. The Morgan fingerprint density at radius 3 is 2.32 bits per heavy atom. The number of hydrogen-bond donors (Lipinski definition) is 0. The first-order valence-electron chi connectivity index (χ1n) is 6.21. The van der Waals surface area contributed by atoms with E-state index in [1.54, 1.807) is 25.1 Å². The van der Waals surface area contributed by atoms with Crippen molar-refractivity contribution in [2.75, 3.05) is 13.7 Å². The minimum absolute atomic E-state index is 0.00112. The number of ketones is 1. The Balaban J connectivity index is 3.16. The van der Waals surface area contributed by atoms with E-state index in [0.717, 1.165) is 0 Å². The Labute approximate surface area is 113 Å². The Bertz CT molecular complexity index is 483. The average molecular weight is 264 g/mol. The molecule has 0 atom stereocenters. The van der Waals surface area contributed by atoms with E-state index in [9.17, 15) is 9.59 Å². The summed E-state index contributed by atoms with van der Waals surface area (Å²) in [6.45, 7) is 7.58. The molecule has 4 heteroatoms. The van der Waals surface area contributed by atoms with Crippen LogP contribution in [-0.2, 0) is 4.74 Å². The lowest BCUT2D eigenvalue weighted by Gasteiger charge is -2.17. The summed E-state index contributed by atoms with van der Waals surface area (Å²) in [4.78, 5) is 23.9. The fourth-order valence-corrected chi connectivity index (χ4v) is 1.64. The van der Waals surface area contributed by atoms with Crippen LogP contribution in [0.5, 0.6) is 5.75 Å². The largest absolute Gasteiger partial charge is 0.496 e. The lowest BCUT2D eigenvalue weighted by Crippen LogP contribution is -2.20. The van der Waals surface area contributed by atoms with Crippen molar-refractivity contribution in [3.8, 4) is 5.75 Å². The maximum absolute atomic E-state index is 12.2. The molecular formula is C15H20O4. The first-order chi connectivity index (χ1) is 8.81. The first-order valence-corrected chi connectivity index (χ1v) is 6.21. The molecular weight excluding hydrogens is 244 g/mol. The van der Waals surface area contributed by atoms with E-state index in [2.05, 4.69) is 0 Å². The van der Waals surface area contributed by atoms with E-state index in [0.29, 0.717) is 23.5 Å². The van der Waals surface area contributed by atoms with E-state index >= 15 is 0 Å². The smallest absolute Gasteiger partial charge is 0.341 e. The fourth-order valence-electron chi connectivity index (χ4n) is 1.64. The van der Waals surface area contributed by atoms with Crippen molar-refractivity contribution in [3.05, 3.63) is 29.3 Å². The van der Waals surface area contributed by atoms with E-state index in [1.165, 1.54) is 7.11 Å². The molecule has 0 aromatic heterocycles. The normalized spacial score (nSPS) is 11.0. The van der Waals surface area contributed by atoms with Crippen LogP contribution in [0.4, 0.5) is 0 Å². The summed E-state index contributed by atoms with van der Waals surface area (Å²) in [6.07, 6.45) is 0. The third kappa shape index (κ3) is 3.56. The Kier molecular flexibility index (Phi) is 4.70. The van der Waals surface area contributed by atoms with Gasteiger partial charge in [0, 0.05) is 11.0 Å². The molecule has 104 valence electrons. The van der Waals surface area contributed by atoms with Crippen LogP contribution in [0.15, 0.2) is 18.2 Å². The minimum Gasteiger partial charge on any atom is -0.496 e. The van der Waals surface area contributed by atoms with Gasteiger partial charge in [0.2, 0.25) is 0 Å². The van der Waals surface area contributed by atoms with Gasteiger partial charge in [0.15, 0.2) is 5.78 Å². The molecule has 0 aliphatic carbocycles. The lowest BCUT2D eigenvalue weighted by molar-refractivity contribution is 0.0522. The number of ether oxygens (including phenoxy) is 2. The van der Waals surface area contributed by atoms with E-state index in [1.807, 2.05) is 20.8 Å². The van der Waals surface area contributed by atoms with E-state index < -0.39 is 11.4 Å². The fraction of sp³-hybridized carbons (Fsp3) is 0.467. The second-order valence-electron chi connectivity index (χ2n) is 5.21. The van der Waals surface area contributed by atoms with Gasteiger partial charge in [-0.05, 0) is 19.1 Å². The molecule has 0 amide bonds. The highest BCUT2D eigenvalue weighted by Gasteiger charge is 2.24. The molecule has 0 unspecified atom stereocenters. The lowest BCUT2D eigenvalue weighted by atomic mass is 9.86. The molecule has 0 radical (unpaired) electrons. The average Bonchev–Trinajstić information content (AvgIpc) is 2.36. The van der Waals surface area contributed by atoms with Crippen molar-refractivity contribution in [3.63, 3.8) is 0 Å². The van der Waals surface area contributed by atoms with Gasteiger partial charge in [-0.15, -0.1) is 0 Å². The molecule has 1 aromatic rings. The van der Waals surface area contributed by atoms with Gasteiger partial charge in [0.05, 0.1) is 13.7 Å². The van der Waals surface area contributed by atoms with Crippen molar-refractivity contribution in [1.82, 2.24) is 0 Å². The van der Waals surface area contributed by atoms with Crippen LogP contribution < -0.4 is 4.74 Å². The van der Waals surface area contributed by atoms with Crippen molar-refractivity contribution < 1.29 is 19.1 Å². The zero-order valence-corrected chi connectivity index (χ0v) is 12.1. The molecule has 1 rings (SSSR count). The number of hydrogen-bond acceptors (Lipinski definition) is 4. The van der Waals surface area contributed by atoms with Crippen molar-refractivity contribution in [2.45, 2.75) is 27.7 Å². The predicted molar refractivity (Wildman–Crippen MR) is 72.7 cm³/mol. The highest BCUT2D eigenvalue weighted by atomic mass is 16.5. The van der Waals surface area contributed by atoms with Gasteiger partial charge < -0.3 is 9.47 Å². The molecule has 0 N–H and O–H groups in total. The summed E-state index contributed by atoms with van der Waals surface area (Å²) in [7, 11) is 1.46. The Morgan fingerprint density at radius 1 is 1.21 bits per heavy atom. The number of rotatable bonds is 4. The highest BCUT2D eigenvalue weighted by molar-refractivity contribution is 6.01. The molecule has 0 saturated heterocycles. The summed E-state index contributed by atoms with van der Waals surface area (Å²) in [6, 6.07) is 4.78. The van der Waals surface area contributed by atoms with Crippen LogP contribution >= 0.6 is 0 Å². The van der Waals surface area contributed by atoms with Gasteiger partial charge in [-0.25, -0.2) is 4.79 Å². The number of methoxy groups -OCH3 is 1. The second-order valence-corrected chi connectivity index (χ2v) is 5.21. The predicted octanol–water partition coefficient (Wildman–Crippen LogP) is 3.10. The molecule has 0 saturated carbocycles. The summed E-state index contributed by atoms with van der Waals surface area (Å²) in [5.74, 6) is -0.0936. The highest BCUT2D eigenvalue weighted by Crippen LogP contribution is 2.26. The molecule has 0 aliphatic heterocycles. The molecule has 1 aromatic carbocycles. The molecule has 19 heavy (non-hydrogen) atoms. The number of Topliss-reactive ketones (excluding diaryl/α,β-unsaturated/α-hetero) is 1. The van der Waals surface area contributed by atoms with E-state index in [-0.39, 0.29) is 5.78 Å². The third-order valence-corrected chi connectivity index (χ3v) is 2.64. The second kappa shape index (κ2) is 5.87. The van der Waals surface area contributed by atoms with Crippen molar-refractivity contribution >= 4 is 11.8 Å².